The predicted molar refractivity (Wildman–Crippen MR) is 112 cm³/mol. The fourth-order valence-electron chi connectivity index (χ4n) is 5.24. The van der Waals surface area contributed by atoms with Crippen molar-refractivity contribution in [1.82, 2.24) is 20.4 Å². The molecule has 3 heterocycles. The maximum atomic E-state index is 13.1. The molecule has 0 spiro atoms. The Kier molecular flexibility index (Phi) is 5.35. The Labute approximate surface area is 181 Å². The molecule has 5 rings (SSSR count). The number of amides is 4. The van der Waals surface area contributed by atoms with E-state index in [0.717, 1.165) is 42.9 Å². The molecule has 1 aromatic carbocycles. The molecular weight excluding hydrogens is 396 g/mol. The van der Waals surface area contributed by atoms with Crippen molar-refractivity contribution >= 4 is 23.6 Å². The highest BCUT2D eigenvalue weighted by Gasteiger charge is 2.44. The average Bonchev–Trinajstić information content (AvgIpc) is 2.97. The molecule has 164 valence electrons. The van der Waals surface area contributed by atoms with Crippen molar-refractivity contribution in [3.8, 4) is 0 Å². The van der Waals surface area contributed by atoms with Gasteiger partial charge in [0.15, 0.2) is 0 Å². The van der Waals surface area contributed by atoms with Crippen LogP contribution in [-0.2, 0) is 16.1 Å². The van der Waals surface area contributed by atoms with Crippen molar-refractivity contribution in [2.75, 3.05) is 13.1 Å². The molecule has 0 bridgehead atoms. The fraction of sp³-hybridized carbons (Fsp3) is 0.565. The number of carbonyl (C=O) groups excluding carboxylic acids is 4. The van der Waals surface area contributed by atoms with Gasteiger partial charge in [0.05, 0.1) is 11.1 Å². The minimum Gasteiger partial charge on any atom is -0.317 e. The summed E-state index contributed by atoms with van der Waals surface area (Å²) in [5, 5.41) is 5.66. The third-order valence-electron chi connectivity index (χ3n) is 7.19. The van der Waals surface area contributed by atoms with Gasteiger partial charge in [0, 0.05) is 25.0 Å². The smallest absolute Gasteiger partial charge is 0.262 e. The molecule has 3 fully saturated rings. The number of rotatable bonds is 5. The van der Waals surface area contributed by atoms with E-state index in [1.165, 1.54) is 19.3 Å². The fourth-order valence-corrected chi connectivity index (χ4v) is 5.24. The molecule has 1 atom stereocenters. The first kappa shape index (κ1) is 20.3. The number of hydrogen-bond acceptors (Lipinski definition) is 6. The van der Waals surface area contributed by atoms with E-state index >= 15 is 0 Å². The van der Waals surface area contributed by atoms with Gasteiger partial charge in [-0.15, -0.1) is 0 Å². The molecule has 2 N–H and O–H groups in total. The largest absolute Gasteiger partial charge is 0.317 e. The summed E-state index contributed by atoms with van der Waals surface area (Å²) >= 11 is 0. The van der Waals surface area contributed by atoms with Gasteiger partial charge >= 0.3 is 0 Å². The molecule has 31 heavy (non-hydrogen) atoms. The maximum absolute atomic E-state index is 13.1. The van der Waals surface area contributed by atoms with Gasteiger partial charge < -0.3 is 5.32 Å². The molecule has 8 nitrogen and oxygen atoms in total. The van der Waals surface area contributed by atoms with E-state index in [-0.39, 0.29) is 18.7 Å². The average molecular weight is 425 g/mol. The second kappa shape index (κ2) is 8.16. The monoisotopic (exact) mass is 424 g/mol. The number of fused-ring (bicyclic) bond motifs is 1. The van der Waals surface area contributed by atoms with Crippen LogP contribution in [0.5, 0.6) is 0 Å². The van der Waals surface area contributed by atoms with E-state index in [2.05, 4.69) is 15.5 Å². The van der Waals surface area contributed by atoms with Crippen molar-refractivity contribution in [2.24, 2.45) is 0 Å². The van der Waals surface area contributed by atoms with Gasteiger partial charge in [-0.1, -0.05) is 12.5 Å². The van der Waals surface area contributed by atoms with Crippen LogP contribution < -0.4 is 10.6 Å². The molecule has 8 heteroatoms. The Morgan fingerprint density at radius 2 is 1.61 bits per heavy atom. The number of imide groups is 2. The molecule has 0 aromatic heterocycles. The van der Waals surface area contributed by atoms with E-state index in [9.17, 15) is 19.2 Å². The lowest BCUT2D eigenvalue weighted by Gasteiger charge is -2.44. The van der Waals surface area contributed by atoms with Crippen molar-refractivity contribution < 1.29 is 19.2 Å². The quantitative estimate of drug-likeness (QED) is 0.689. The molecule has 1 saturated carbocycles. The van der Waals surface area contributed by atoms with Crippen LogP contribution in [0.15, 0.2) is 18.2 Å². The highest BCUT2D eigenvalue weighted by molar-refractivity contribution is 6.23. The highest BCUT2D eigenvalue weighted by atomic mass is 16.2. The van der Waals surface area contributed by atoms with Gasteiger partial charge in [-0.2, -0.15) is 0 Å². The lowest BCUT2D eigenvalue weighted by Crippen LogP contribution is -2.54. The van der Waals surface area contributed by atoms with Crippen LogP contribution in [0.3, 0.4) is 0 Å². The second-order valence-corrected chi connectivity index (χ2v) is 9.07. The van der Waals surface area contributed by atoms with E-state index < -0.39 is 23.8 Å². The summed E-state index contributed by atoms with van der Waals surface area (Å²) < 4.78 is 0. The number of nitrogens with one attached hydrogen (secondary N) is 2. The van der Waals surface area contributed by atoms with Crippen molar-refractivity contribution in [3.05, 3.63) is 34.9 Å². The first-order valence-electron chi connectivity index (χ1n) is 11.3. The normalized spacial score (nSPS) is 25.1. The molecule has 2 saturated heterocycles. The maximum Gasteiger partial charge on any atom is 0.262 e. The van der Waals surface area contributed by atoms with Crippen LogP contribution in [0.1, 0.15) is 71.2 Å². The van der Waals surface area contributed by atoms with Crippen LogP contribution in [-0.4, -0.2) is 64.6 Å². The molecule has 1 aliphatic carbocycles. The standard InChI is InChI=1S/C23H28N4O4/c28-20-7-6-19(21(29)25-20)27-22(30)17-5-4-14(12-18(17)23(27)31)13-26(15-2-1-3-15)16-8-10-24-11-9-16/h4-5,12,15-16,19,24H,1-3,6-11,13H2,(H,25,28,29). The highest BCUT2D eigenvalue weighted by Crippen LogP contribution is 2.32. The molecule has 3 aliphatic heterocycles. The zero-order valence-corrected chi connectivity index (χ0v) is 17.6. The Balaban J connectivity index is 1.37. The van der Waals surface area contributed by atoms with Gasteiger partial charge in [-0.3, -0.25) is 34.3 Å². The predicted octanol–water partition coefficient (Wildman–Crippen LogP) is 1.19. The van der Waals surface area contributed by atoms with Crippen LogP contribution >= 0.6 is 0 Å². The molecular formula is C23H28N4O4. The van der Waals surface area contributed by atoms with Crippen LogP contribution in [0.2, 0.25) is 0 Å². The Morgan fingerprint density at radius 1 is 0.903 bits per heavy atom. The van der Waals surface area contributed by atoms with Crippen LogP contribution in [0, 0.1) is 0 Å². The van der Waals surface area contributed by atoms with E-state index in [1.54, 1.807) is 6.07 Å². The number of piperidine rings is 2. The topological polar surface area (TPSA) is 98.8 Å². The van der Waals surface area contributed by atoms with Crippen molar-refractivity contribution in [3.63, 3.8) is 0 Å². The second-order valence-electron chi connectivity index (χ2n) is 9.07. The number of nitrogens with zero attached hydrogens (tertiary/aromatic N) is 2. The zero-order valence-electron chi connectivity index (χ0n) is 17.6. The summed E-state index contributed by atoms with van der Waals surface area (Å²) in [6, 6.07) is 5.69. The number of carbonyl (C=O) groups is 4. The molecule has 1 aromatic rings. The van der Waals surface area contributed by atoms with E-state index in [4.69, 9.17) is 0 Å². The minimum absolute atomic E-state index is 0.127. The summed E-state index contributed by atoms with van der Waals surface area (Å²) in [4.78, 5) is 53.3. The summed E-state index contributed by atoms with van der Waals surface area (Å²) in [5.41, 5.74) is 1.73. The van der Waals surface area contributed by atoms with Crippen LogP contribution in [0.25, 0.3) is 0 Å². The summed E-state index contributed by atoms with van der Waals surface area (Å²) in [6.45, 7) is 2.83. The van der Waals surface area contributed by atoms with Gasteiger partial charge in [-0.05, 0) is 62.9 Å². The number of hydrogen-bond donors (Lipinski definition) is 2. The molecule has 1 unspecified atom stereocenters. The summed E-state index contributed by atoms with van der Waals surface area (Å²) in [6.07, 6.45) is 6.26. The van der Waals surface area contributed by atoms with E-state index in [1.807, 2.05) is 12.1 Å². The Morgan fingerprint density at radius 3 is 2.29 bits per heavy atom. The van der Waals surface area contributed by atoms with Gasteiger partial charge in [0.25, 0.3) is 11.8 Å². The third-order valence-corrected chi connectivity index (χ3v) is 7.19. The van der Waals surface area contributed by atoms with Crippen molar-refractivity contribution in [2.45, 2.75) is 69.6 Å². The van der Waals surface area contributed by atoms with Crippen LogP contribution in [0.4, 0.5) is 0 Å². The van der Waals surface area contributed by atoms with Gasteiger partial charge in [-0.25, -0.2) is 0 Å². The minimum atomic E-state index is -0.922. The van der Waals surface area contributed by atoms with Gasteiger partial charge in [0.1, 0.15) is 6.04 Å². The third kappa shape index (κ3) is 3.68. The SMILES string of the molecule is O=C1CCC(N2C(=O)c3ccc(CN(C4CCC4)C4CCNCC4)cc3C2=O)C(=O)N1. The summed E-state index contributed by atoms with van der Waals surface area (Å²) in [7, 11) is 0. The van der Waals surface area contributed by atoms with Gasteiger partial charge in [0.2, 0.25) is 11.8 Å². The molecule has 4 aliphatic rings. The lowest BCUT2D eigenvalue weighted by atomic mass is 9.88. The first-order chi connectivity index (χ1) is 15.0. The number of benzene rings is 1. The first-order valence-corrected chi connectivity index (χ1v) is 11.3. The van der Waals surface area contributed by atoms with E-state index in [0.29, 0.717) is 23.2 Å². The summed E-state index contributed by atoms with van der Waals surface area (Å²) in [5.74, 6) is -1.83. The Bertz CT molecular complexity index is 936. The zero-order chi connectivity index (χ0) is 21.5. The molecule has 0 radical (unpaired) electrons. The molecule has 4 amide bonds. The lowest BCUT2D eigenvalue weighted by molar-refractivity contribution is -0.136. The Hall–Kier alpha value is -2.58. The van der Waals surface area contributed by atoms with Crippen molar-refractivity contribution in [1.29, 1.82) is 0 Å².